The van der Waals surface area contributed by atoms with Gasteiger partial charge in [0, 0.05) is 0 Å². The molecule has 1 aromatic carbocycles. The molecule has 20 heavy (non-hydrogen) atoms. The molecule has 0 radical (unpaired) electrons. The molecule has 0 N–H and O–H groups in total. The van der Waals surface area contributed by atoms with E-state index < -0.39 is 14.6 Å². The average molecular weight is 290 g/mol. The molecule has 0 amide bonds. The number of allylic oxidation sites excluding steroid dienone is 1. The summed E-state index contributed by atoms with van der Waals surface area (Å²) in [6.07, 6.45) is 1.74. The predicted molar refractivity (Wildman–Crippen MR) is 81.3 cm³/mol. The molecule has 0 spiro atoms. The molecule has 0 aromatic heterocycles. The van der Waals surface area contributed by atoms with Gasteiger partial charge in [-0.15, -0.1) is 0 Å². The maximum atomic E-state index is 13.1. The third-order valence-corrected chi connectivity index (χ3v) is 8.26. The fourth-order valence-electron chi connectivity index (χ4n) is 4.07. The lowest BCUT2D eigenvalue weighted by molar-refractivity contribution is 0.503. The molecule has 108 valence electrons. The van der Waals surface area contributed by atoms with Crippen LogP contribution in [0, 0.1) is 24.7 Å². The first-order valence-corrected chi connectivity index (χ1v) is 8.75. The highest BCUT2D eigenvalue weighted by Gasteiger charge is 2.73. The maximum Gasteiger partial charge on any atom is 0.184 e. The van der Waals surface area contributed by atoms with E-state index >= 15 is 0 Å². The molecular formula is C17H22O2S. The number of rotatable bonds is 3. The minimum atomic E-state index is -3.24. The van der Waals surface area contributed by atoms with Crippen LogP contribution in [0.2, 0.25) is 0 Å². The Bertz CT molecular complexity index is 657. The van der Waals surface area contributed by atoms with Gasteiger partial charge in [-0.25, -0.2) is 8.42 Å². The molecule has 2 aliphatic carbocycles. The summed E-state index contributed by atoms with van der Waals surface area (Å²) in [5.74, 6) is 0.969. The lowest BCUT2D eigenvalue weighted by Gasteiger charge is -2.19. The van der Waals surface area contributed by atoms with Crippen LogP contribution in [0.4, 0.5) is 0 Å². The first-order chi connectivity index (χ1) is 9.30. The van der Waals surface area contributed by atoms with Crippen LogP contribution in [0.15, 0.2) is 41.3 Å². The minimum absolute atomic E-state index is 0.282. The Hall–Kier alpha value is -1.09. The Balaban J connectivity index is 2.00. The third-order valence-electron chi connectivity index (χ3n) is 5.53. The quantitative estimate of drug-likeness (QED) is 0.794. The van der Waals surface area contributed by atoms with Crippen molar-refractivity contribution in [2.45, 2.75) is 43.3 Å². The first-order valence-electron chi connectivity index (χ1n) is 7.27. The van der Waals surface area contributed by atoms with Crippen LogP contribution in [0.1, 0.15) is 32.3 Å². The Morgan fingerprint density at radius 1 is 1.30 bits per heavy atom. The second-order valence-corrected chi connectivity index (χ2v) is 8.89. The molecule has 3 heteroatoms. The summed E-state index contributed by atoms with van der Waals surface area (Å²) < 4.78 is 25.6. The molecular weight excluding hydrogens is 268 g/mol. The van der Waals surface area contributed by atoms with Crippen LogP contribution >= 0.6 is 0 Å². The molecule has 2 nitrogen and oxygen atoms in total. The second-order valence-electron chi connectivity index (χ2n) is 6.65. The van der Waals surface area contributed by atoms with Crippen LogP contribution in [-0.2, 0) is 9.84 Å². The zero-order chi connectivity index (χ0) is 14.7. The Morgan fingerprint density at radius 2 is 1.90 bits per heavy atom. The molecule has 2 saturated carbocycles. The van der Waals surface area contributed by atoms with Crippen LogP contribution in [-0.4, -0.2) is 13.2 Å². The van der Waals surface area contributed by atoms with Crippen molar-refractivity contribution in [2.24, 2.45) is 17.8 Å². The van der Waals surface area contributed by atoms with Gasteiger partial charge in [0.25, 0.3) is 0 Å². The average Bonchev–Trinajstić information content (AvgIpc) is 2.80. The second kappa shape index (κ2) is 4.20. The van der Waals surface area contributed by atoms with E-state index in [1.54, 1.807) is 12.1 Å². The van der Waals surface area contributed by atoms with E-state index in [9.17, 15) is 8.42 Å². The maximum absolute atomic E-state index is 13.1. The summed E-state index contributed by atoms with van der Waals surface area (Å²) in [4.78, 5) is 0.486. The smallest absolute Gasteiger partial charge is 0.184 e. The summed E-state index contributed by atoms with van der Waals surface area (Å²) in [7, 11) is -3.24. The number of sulfone groups is 1. The van der Waals surface area contributed by atoms with Crippen molar-refractivity contribution >= 4 is 9.84 Å². The van der Waals surface area contributed by atoms with Crippen molar-refractivity contribution in [3.63, 3.8) is 0 Å². The van der Waals surface area contributed by atoms with Gasteiger partial charge in [0.1, 0.15) is 0 Å². The zero-order valence-electron chi connectivity index (χ0n) is 12.4. The highest BCUT2D eigenvalue weighted by molar-refractivity contribution is 7.93. The lowest BCUT2D eigenvalue weighted by Crippen LogP contribution is -2.26. The van der Waals surface area contributed by atoms with Gasteiger partial charge < -0.3 is 0 Å². The molecule has 0 saturated heterocycles. The van der Waals surface area contributed by atoms with Crippen molar-refractivity contribution in [1.82, 2.24) is 0 Å². The number of fused-ring (bicyclic) bond motifs is 1. The van der Waals surface area contributed by atoms with Crippen LogP contribution < -0.4 is 0 Å². The Labute approximate surface area is 121 Å². The number of aryl methyl sites for hydroxylation is 1. The highest BCUT2D eigenvalue weighted by Crippen LogP contribution is 2.69. The van der Waals surface area contributed by atoms with Gasteiger partial charge in [-0.2, -0.15) is 0 Å². The normalized spacial score (nSPS) is 35.6. The fourth-order valence-corrected chi connectivity index (χ4v) is 6.71. The predicted octanol–water partition coefficient (Wildman–Crippen LogP) is 3.76. The van der Waals surface area contributed by atoms with E-state index in [0.717, 1.165) is 24.0 Å². The van der Waals surface area contributed by atoms with Crippen LogP contribution in [0.3, 0.4) is 0 Å². The third kappa shape index (κ3) is 1.65. The van der Waals surface area contributed by atoms with Crippen molar-refractivity contribution in [3.05, 3.63) is 42.0 Å². The highest BCUT2D eigenvalue weighted by atomic mass is 32.2. The molecule has 0 aliphatic heterocycles. The summed E-state index contributed by atoms with van der Waals surface area (Å²) in [6.45, 7) is 10.1. The van der Waals surface area contributed by atoms with Crippen molar-refractivity contribution in [3.8, 4) is 0 Å². The van der Waals surface area contributed by atoms with E-state index in [4.69, 9.17) is 0 Å². The van der Waals surface area contributed by atoms with Gasteiger partial charge in [0.2, 0.25) is 0 Å². The van der Waals surface area contributed by atoms with Gasteiger partial charge >= 0.3 is 0 Å². The molecule has 1 aromatic rings. The summed E-state index contributed by atoms with van der Waals surface area (Å²) >= 11 is 0. The summed E-state index contributed by atoms with van der Waals surface area (Å²) in [6, 6.07) is 7.29. The summed E-state index contributed by atoms with van der Waals surface area (Å²) in [5.41, 5.74) is 2.22. The molecule has 0 bridgehead atoms. The van der Waals surface area contributed by atoms with Crippen LogP contribution in [0.5, 0.6) is 0 Å². The van der Waals surface area contributed by atoms with Gasteiger partial charge in [-0.05, 0) is 56.6 Å². The van der Waals surface area contributed by atoms with E-state index in [2.05, 4.69) is 13.5 Å². The van der Waals surface area contributed by atoms with Gasteiger partial charge in [0.15, 0.2) is 9.84 Å². The SMILES string of the molecule is C=C(C)[C@@H]1C[C@H]2[C@@H](C)[C@@]2(S(=O)(=O)c2ccc(C)cc2)C1. The van der Waals surface area contributed by atoms with E-state index in [1.807, 2.05) is 26.0 Å². The monoisotopic (exact) mass is 290 g/mol. The molecule has 0 heterocycles. The fraction of sp³-hybridized carbons (Fsp3) is 0.529. The molecule has 3 rings (SSSR count). The van der Waals surface area contributed by atoms with E-state index in [1.165, 1.54) is 0 Å². The lowest BCUT2D eigenvalue weighted by atomic mass is 9.94. The first kappa shape index (κ1) is 13.9. The molecule has 0 unspecified atom stereocenters. The van der Waals surface area contributed by atoms with Gasteiger partial charge in [0.05, 0.1) is 9.64 Å². The molecule has 4 atom stereocenters. The Morgan fingerprint density at radius 3 is 2.45 bits per heavy atom. The Kier molecular flexibility index (Phi) is 2.91. The number of hydrogen-bond acceptors (Lipinski definition) is 2. The van der Waals surface area contributed by atoms with Crippen molar-refractivity contribution in [2.75, 3.05) is 0 Å². The van der Waals surface area contributed by atoms with Gasteiger partial charge in [-0.3, -0.25) is 0 Å². The van der Waals surface area contributed by atoms with E-state index in [-0.39, 0.29) is 5.92 Å². The topological polar surface area (TPSA) is 34.1 Å². The standard InChI is InChI=1S/C17H22O2S/c1-11(2)14-9-16-13(4)17(16,10-14)20(18,19)15-7-5-12(3)6-8-15/h5-8,13-14,16H,1,9-10H2,2-4H3/t13-,14-,16+,17+/m1/s1. The van der Waals surface area contributed by atoms with Crippen molar-refractivity contribution < 1.29 is 8.42 Å². The number of hydrogen-bond donors (Lipinski definition) is 0. The zero-order valence-corrected chi connectivity index (χ0v) is 13.2. The molecule has 2 aliphatic rings. The largest absolute Gasteiger partial charge is 0.223 e. The van der Waals surface area contributed by atoms with Crippen LogP contribution in [0.25, 0.3) is 0 Å². The van der Waals surface area contributed by atoms with Crippen molar-refractivity contribution in [1.29, 1.82) is 0 Å². The number of benzene rings is 1. The van der Waals surface area contributed by atoms with Gasteiger partial charge in [-0.1, -0.05) is 36.8 Å². The molecule has 2 fully saturated rings. The van der Waals surface area contributed by atoms with E-state index in [0.29, 0.717) is 16.7 Å². The minimum Gasteiger partial charge on any atom is -0.223 e. The summed E-state index contributed by atoms with van der Waals surface area (Å²) in [5, 5.41) is 0.